The van der Waals surface area contributed by atoms with Crippen LogP contribution in [0.25, 0.3) is 11.0 Å². The molecule has 0 aliphatic carbocycles. The normalized spacial score (nSPS) is 10.5. The molecule has 0 saturated heterocycles. The summed E-state index contributed by atoms with van der Waals surface area (Å²) in [6.07, 6.45) is 0. The highest BCUT2D eigenvalue weighted by molar-refractivity contribution is 7.71. The molecule has 0 aliphatic rings. The van der Waals surface area contributed by atoms with E-state index in [0.29, 0.717) is 15.3 Å². The quantitative estimate of drug-likeness (QED) is 0.517. The van der Waals surface area contributed by atoms with E-state index in [1.807, 2.05) is 0 Å². The summed E-state index contributed by atoms with van der Waals surface area (Å²) in [4.78, 5) is 10.7. The van der Waals surface area contributed by atoms with Gasteiger partial charge >= 0.3 is 0 Å². The van der Waals surface area contributed by atoms with E-state index in [2.05, 4.69) is 15.0 Å². The SMILES string of the molecule is Nc1nc(=S)c2nc(Cl)ccc2[nH]1. The van der Waals surface area contributed by atoms with Crippen LogP contribution in [-0.2, 0) is 0 Å². The summed E-state index contributed by atoms with van der Waals surface area (Å²) < 4.78 is 0.355. The third-order valence-corrected chi connectivity index (χ3v) is 2.04. The van der Waals surface area contributed by atoms with Crippen molar-refractivity contribution in [3.8, 4) is 0 Å². The highest BCUT2D eigenvalue weighted by Crippen LogP contribution is 2.14. The van der Waals surface area contributed by atoms with Crippen LogP contribution in [0.2, 0.25) is 5.15 Å². The van der Waals surface area contributed by atoms with Gasteiger partial charge in [0.2, 0.25) is 0 Å². The zero-order valence-corrected chi connectivity index (χ0v) is 7.99. The number of halogens is 1. The van der Waals surface area contributed by atoms with Crippen LogP contribution < -0.4 is 5.73 Å². The molecule has 0 atom stereocenters. The molecule has 2 aromatic rings. The van der Waals surface area contributed by atoms with E-state index in [0.717, 1.165) is 5.52 Å². The van der Waals surface area contributed by atoms with Crippen molar-refractivity contribution in [1.82, 2.24) is 15.0 Å². The number of rotatable bonds is 0. The van der Waals surface area contributed by atoms with E-state index in [1.165, 1.54) is 0 Å². The third kappa shape index (κ3) is 1.48. The molecule has 4 nitrogen and oxygen atoms in total. The smallest absolute Gasteiger partial charge is 0.199 e. The number of hydrogen-bond acceptors (Lipinski definition) is 4. The zero-order chi connectivity index (χ0) is 9.42. The summed E-state index contributed by atoms with van der Waals surface area (Å²) in [6.45, 7) is 0. The Morgan fingerprint density at radius 1 is 1.38 bits per heavy atom. The highest BCUT2D eigenvalue weighted by atomic mass is 35.5. The molecular formula is C7H5ClN4S. The molecular weight excluding hydrogens is 208 g/mol. The molecule has 0 aromatic carbocycles. The Balaban J connectivity index is 2.95. The van der Waals surface area contributed by atoms with Gasteiger partial charge in [0.1, 0.15) is 10.7 Å². The first-order valence-electron chi connectivity index (χ1n) is 3.49. The number of pyridine rings is 1. The number of anilines is 1. The first-order chi connectivity index (χ1) is 6.16. The second kappa shape index (κ2) is 2.93. The monoisotopic (exact) mass is 212 g/mol. The minimum absolute atomic E-state index is 0.279. The van der Waals surface area contributed by atoms with Gasteiger partial charge in [0.05, 0.1) is 5.52 Å². The van der Waals surface area contributed by atoms with Crippen LogP contribution in [0, 0.1) is 4.64 Å². The second-order valence-corrected chi connectivity index (χ2v) is 3.23. The molecule has 66 valence electrons. The van der Waals surface area contributed by atoms with Crippen LogP contribution in [0.4, 0.5) is 5.95 Å². The van der Waals surface area contributed by atoms with Crippen LogP contribution >= 0.6 is 23.8 Å². The van der Waals surface area contributed by atoms with E-state index in [-0.39, 0.29) is 5.95 Å². The van der Waals surface area contributed by atoms with E-state index < -0.39 is 0 Å². The fourth-order valence-electron chi connectivity index (χ4n) is 1.03. The summed E-state index contributed by atoms with van der Waals surface area (Å²) in [5.74, 6) is 0.279. The fraction of sp³-hybridized carbons (Fsp3) is 0. The van der Waals surface area contributed by atoms with Crippen molar-refractivity contribution in [3.63, 3.8) is 0 Å². The van der Waals surface area contributed by atoms with Crippen LogP contribution in [-0.4, -0.2) is 15.0 Å². The number of aromatic amines is 1. The van der Waals surface area contributed by atoms with Crippen molar-refractivity contribution >= 4 is 40.8 Å². The fourth-order valence-corrected chi connectivity index (χ4v) is 1.43. The molecule has 2 aromatic heterocycles. The standard InChI is InChI=1S/C7H5ClN4S/c8-4-2-1-3-5(11-4)6(13)12-7(9)10-3/h1-2H,(H3,9,10,12,13). The molecule has 0 saturated carbocycles. The van der Waals surface area contributed by atoms with E-state index in [4.69, 9.17) is 29.6 Å². The van der Waals surface area contributed by atoms with Gasteiger partial charge in [-0.1, -0.05) is 23.8 Å². The lowest BCUT2D eigenvalue weighted by Crippen LogP contribution is -1.96. The molecule has 0 spiro atoms. The summed E-state index contributed by atoms with van der Waals surface area (Å²) in [6, 6.07) is 3.42. The van der Waals surface area contributed by atoms with Gasteiger partial charge < -0.3 is 10.7 Å². The van der Waals surface area contributed by atoms with Gasteiger partial charge in [0.25, 0.3) is 0 Å². The number of nitrogens with zero attached hydrogens (tertiary/aromatic N) is 2. The Hall–Kier alpha value is -1.20. The Bertz CT molecular complexity index is 521. The molecule has 13 heavy (non-hydrogen) atoms. The summed E-state index contributed by atoms with van der Waals surface area (Å²) in [7, 11) is 0. The Labute approximate surface area is 83.8 Å². The van der Waals surface area contributed by atoms with Crippen molar-refractivity contribution in [2.75, 3.05) is 5.73 Å². The number of nitrogens with two attached hydrogens (primary N) is 1. The van der Waals surface area contributed by atoms with Gasteiger partial charge in [0.15, 0.2) is 10.6 Å². The Kier molecular flexibility index (Phi) is 1.90. The van der Waals surface area contributed by atoms with Crippen LogP contribution in [0.15, 0.2) is 12.1 Å². The Morgan fingerprint density at radius 2 is 2.15 bits per heavy atom. The van der Waals surface area contributed by atoms with Gasteiger partial charge in [-0.3, -0.25) is 0 Å². The average molecular weight is 213 g/mol. The van der Waals surface area contributed by atoms with Crippen molar-refractivity contribution in [2.45, 2.75) is 0 Å². The van der Waals surface area contributed by atoms with Crippen LogP contribution in [0.1, 0.15) is 0 Å². The lowest BCUT2D eigenvalue weighted by Gasteiger charge is -1.98. The van der Waals surface area contributed by atoms with Crippen molar-refractivity contribution in [2.24, 2.45) is 0 Å². The van der Waals surface area contributed by atoms with Crippen molar-refractivity contribution in [1.29, 1.82) is 0 Å². The number of aromatic nitrogens is 3. The number of fused-ring (bicyclic) bond motifs is 1. The van der Waals surface area contributed by atoms with Gasteiger partial charge in [0, 0.05) is 0 Å². The highest BCUT2D eigenvalue weighted by Gasteiger charge is 2.00. The molecule has 0 aliphatic heterocycles. The molecule has 0 fully saturated rings. The molecule has 3 N–H and O–H groups in total. The zero-order valence-electron chi connectivity index (χ0n) is 6.41. The molecule has 0 unspecified atom stereocenters. The maximum Gasteiger partial charge on any atom is 0.199 e. The van der Waals surface area contributed by atoms with E-state index in [9.17, 15) is 0 Å². The summed E-state index contributed by atoms with van der Waals surface area (Å²) >= 11 is 10.7. The first-order valence-corrected chi connectivity index (χ1v) is 4.27. The minimum Gasteiger partial charge on any atom is -0.369 e. The largest absolute Gasteiger partial charge is 0.369 e. The maximum absolute atomic E-state index is 5.70. The molecule has 0 bridgehead atoms. The molecule has 0 radical (unpaired) electrons. The molecule has 2 heterocycles. The lowest BCUT2D eigenvalue weighted by molar-refractivity contribution is 1.20. The van der Waals surface area contributed by atoms with Gasteiger partial charge in [-0.15, -0.1) is 0 Å². The average Bonchev–Trinajstić information content (AvgIpc) is 2.06. The summed E-state index contributed by atoms with van der Waals surface area (Å²) in [5, 5.41) is 0.388. The number of hydrogen-bond donors (Lipinski definition) is 2. The van der Waals surface area contributed by atoms with Gasteiger partial charge in [-0.25, -0.2) is 9.97 Å². The van der Waals surface area contributed by atoms with Crippen molar-refractivity contribution in [3.05, 3.63) is 21.9 Å². The molecule has 0 amide bonds. The predicted octanol–water partition coefficient (Wildman–Crippen LogP) is 1.92. The van der Waals surface area contributed by atoms with Gasteiger partial charge in [-0.2, -0.15) is 0 Å². The van der Waals surface area contributed by atoms with Crippen LogP contribution in [0.3, 0.4) is 0 Å². The minimum atomic E-state index is 0.279. The first kappa shape index (κ1) is 8.40. The lowest BCUT2D eigenvalue weighted by atomic mass is 10.4. The molecule has 6 heteroatoms. The van der Waals surface area contributed by atoms with Crippen LogP contribution in [0.5, 0.6) is 0 Å². The molecule has 2 rings (SSSR count). The topological polar surface area (TPSA) is 67.6 Å². The number of nitrogens with one attached hydrogen (secondary N) is 1. The third-order valence-electron chi connectivity index (χ3n) is 1.55. The maximum atomic E-state index is 5.70. The summed E-state index contributed by atoms with van der Waals surface area (Å²) in [5.41, 5.74) is 6.77. The number of H-pyrrole nitrogens is 1. The predicted molar refractivity (Wildman–Crippen MR) is 54.1 cm³/mol. The number of nitrogen functional groups attached to an aromatic ring is 1. The van der Waals surface area contributed by atoms with Crippen molar-refractivity contribution < 1.29 is 0 Å². The van der Waals surface area contributed by atoms with E-state index in [1.54, 1.807) is 12.1 Å². The Morgan fingerprint density at radius 3 is 2.92 bits per heavy atom. The second-order valence-electron chi connectivity index (χ2n) is 2.46. The van der Waals surface area contributed by atoms with E-state index >= 15 is 0 Å². The van der Waals surface area contributed by atoms with Gasteiger partial charge in [-0.05, 0) is 12.1 Å².